The highest BCUT2D eigenvalue weighted by molar-refractivity contribution is 7.87. The zero-order chi connectivity index (χ0) is 24.6. The summed E-state index contributed by atoms with van der Waals surface area (Å²) >= 11 is 0. The summed E-state index contributed by atoms with van der Waals surface area (Å²) in [5, 5.41) is 0. The van der Waals surface area contributed by atoms with E-state index in [4.69, 9.17) is 18.4 Å². The molecular formula is C21H24F3NO7S. The summed E-state index contributed by atoms with van der Waals surface area (Å²) < 4.78 is 84.4. The van der Waals surface area contributed by atoms with Crippen molar-refractivity contribution in [3.8, 4) is 11.5 Å². The Bertz CT molecular complexity index is 1060. The molecule has 0 atom stereocenters. The van der Waals surface area contributed by atoms with Crippen molar-refractivity contribution in [1.29, 1.82) is 0 Å². The van der Waals surface area contributed by atoms with Crippen molar-refractivity contribution in [3.63, 3.8) is 0 Å². The first-order chi connectivity index (χ1) is 15.5. The van der Waals surface area contributed by atoms with Gasteiger partial charge in [0.15, 0.2) is 11.5 Å². The minimum atomic E-state index is -4.72. The Morgan fingerprint density at radius 3 is 2.33 bits per heavy atom. The number of carbonyl (C=O) groups is 1. The zero-order valence-corrected chi connectivity index (χ0v) is 19.0. The monoisotopic (exact) mass is 491 g/mol. The Morgan fingerprint density at radius 2 is 1.73 bits per heavy atom. The van der Waals surface area contributed by atoms with Crippen LogP contribution in [0.2, 0.25) is 0 Å². The van der Waals surface area contributed by atoms with Crippen LogP contribution >= 0.6 is 0 Å². The van der Waals surface area contributed by atoms with E-state index in [9.17, 15) is 26.4 Å². The number of nitrogens with zero attached hydrogens (tertiary/aromatic N) is 1. The molecule has 0 aromatic heterocycles. The molecule has 0 aliphatic rings. The van der Waals surface area contributed by atoms with Crippen molar-refractivity contribution in [3.05, 3.63) is 53.6 Å². The van der Waals surface area contributed by atoms with Gasteiger partial charge in [0.25, 0.3) is 0 Å². The second kappa shape index (κ2) is 11.3. The highest BCUT2D eigenvalue weighted by Gasteiger charge is 2.32. The van der Waals surface area contributed by atoms with Gasteiger partial charge in [0.1, 0.15) is 11.5 Å². The molecule has 33 heavy (non-hydrogen) atoms. The van der Waals surface area contributed by atoms with Crippen LogP contribution < -0.4 is 8.92 Å². The molecule has 0 aliphatic heterocycles. The van der Waals surface area contributed by atoms with Crippen molar-refractivity contribution in [2.45, 2.75) is 17.6 Å². The number of hydrogen-bond acceptors (Lipinski definition) is 7. The number of ether oxygens (including phenoxy) is 3. The maximum Gasteiger partial charge on any atom is 0.416 e. The maximum atomic E-state index is 13.0. The zero-order valence-electron chi connectivity index (χ0n) is 18.2. The fourth-order valence-electron chi connectivity index (χ4n) is 2.81. The van der Waals surface area contributed by atoms with Gasteiger partial charge >= 0.3 is 16.3 Å². The third-order valence-electron chi connectivity index (χ3n) is 4.44. The summed E-state index contributed by atoms with van der Waals surface area (Å²) in [4.78, 5) is 13.1. The van der Waals surface area contributed by atoms with Crippen molar-refractivity contribution < 1.29 is 44.8 Å². The topological polar surface area (TPSA) is 91.4 Å². The largest absolute Gasteiger partial charge is 0.493 e. The normalized spacial score (nSPS) is 11.8. The van der Waals surface area contributed by atoms with Gasteiger partial charge in [0.2, 0.25) is 5.91 Å². The summed E-state index contributed by atoms with van der Waals surface area (Å²) in [6, 6.07) is 7.58. The Kier molecular flexibility index (Phi) is 9.08. The smallest absolute Gasteiger partial charge is 0.416 e. The molecule has 0 spiro atoms. The molecule has 0 saturated carbocycles. The van der Waals surface area contributed by atoms with Crippen molar-refractivity contribution in [2.24, 2.45) is 0 Å². The fourth-order valence-corrected chi connectivity index (χ4v) is 3.79. The van der Waals surface area contributed by atoms with Crippen LogP contribution in [0.3, 0.4) is 0 Å². The molecular weight excluding hydrogens is 467 g/mol. The standard InChI is InChI=1S/C21H24F3NO7S/c1-29-10-9-25(20(26)14-30-2)13-15-7-8-18(31-3)19(11-15)32-33(27,28)17-6-4-5-16(12-17)21(22,23)24/h4-8,11-12H,9-10,13-14H2,1-3H3. The minimum absolute atomic E-state index is 0.0426. The van der Waals surface area contributed by atoms with Gasteiger partial charge in [-0.2, -0.15) is 21.6 Å². The first-order valence-electron chi connectivity index (χ1n) is 9.56. The van der Waals surface area contributed by atoms with Crippen LogP contribution in [0.25, 0.3) is 0 Å². The quantitative estimate of drug-likeness (QED) is 0.446. The molecule has 0 fully saturated rings. The lowest BCUT2D eigenvalue weighted by atomic mass is 10.2. The number of carbonyl (C=O) groups excluding carboxylic acids is 1. The van der Waals surface area contributed by atoms with Gasteiger partial charge in [-0.15, -0.1) is 0 Å². The van der Waals surface area contributed by atoms with E-state index in [1.54, 1.807) is 6.07 Å². The van der Waals surface area contributed by atoms with Crippen LogP contribution in [-0.2, 0) is 37.1 Å². The number of amides is 1. The second-order valence-electron chi connectivity index (χ2n) is 6.79. The minimum Gasteiger partial charge on any atom is -0.493 e. The average molecular weight is 491 g/mol. The van der Waals surface area contributed by atoms with Crippen molar-refractivity contribution >= 4 is 16.0 Å². The third-order valence-corrected chi connectivity index (χ3v) is 5.67. The van der Waals surface area contributed by atoms with Gasteiger partial charge in [-0.25, -0.2) is 0 Å². The first kappa shape index (κ1) is 26.4. The molecule has 2 rings (SSSR count). The van der Waals surface area contributed by atoms with E-state index >= 15 is 0 Å². The van der Waals surface area contributed by atoms with Crippen molar-refractivity contribution in [1.82, 2.24) is 4.90 Å². The number of methoxy groups -OCH3 is 3. The summed E-state index contributed by atoms with van der Waals surface area (Å²) in [6.45, 7) is 0.436. The fraction of sp³-hybridized carbons (Fsp3) is 0.381. The van der Waals surface area contributed by atoms with E-state index < -0.39 is 26.8 Å². The van der Waals surface area contributed by atoms with Gasteiger partial charge < -0.3 is 23.3 Å². The van der Waals surface area contributed by atoms with Crippen LogP contribution in [0.4, 0.5) is 13.2 Å². The van der Waals surface area contributed by atoms with Gasteiger partial charge in [-0.3, -0.25) is 4.79 Å². The van der Waals surface area contributed by atoms with E-state index in [0.29, 0.717) is 11.6 Å². The number of hydrogen-bond donors (Lipinski definition) is 0. The van der Waals surface area contributed by atoms with E-state index in [1.165, 1.54) is 38.4 Å². The molecule has 0 aliphatic carbocycles. The van der Waals surface area contributed by atoms with Crippen LogP contribution in [-0.4, -0.2) is 60.3 Å². The van der Waals surface area contributed by atoms with Gasteiger partial charge in [-0.1, -0.05) is 12.1 Å². The summed E-state index contributed by atoms with van der Waals surface area (Å²) in [7, 11) is -0.468. The molecule has 2 aromatic rings. The molecule has 1 amide bonds. The summed E-state index contributed by atoms with van der Waals surface area (Å²) in [5.41, 5.74) is -0.635. The third kappa shape index (κ3) is 7.34. The SMILES string of the molecule is COCCN(Cc1ccc(OC)c(OS(=O)(=O)c2cccc(C(F)(F)F)c2)c1)C(=O)COC. The summed E-state index contributed by atoms with van der Waals surface area (Å²) in [5.74, 6) is -0.510. The van der Waals surface area contributed by atoms with Crippen molar-refractivity contribution in [2.75, 3.05) is 41.1 Å². The second-order valence-corrected chi connectivity index (χ2v) is 8.34. The molecule has 12 heteroatoms. The van der Waals surface area contributed by atoms with E-state index in [-0.39, 0.29) is 43.7 Å². The van der Waals surface area contributed by atoms with Crippen LogP contribution in [0.1, 0.15) is 11.1 Å². The molecule has 0 unspecified atom stereocenters. The highest BCUT2D eigenvalue weighted by Crippen LogP contribution is 2.34. The first-order valence-corrected chi connectivity index (χ1v) is 11.0. The molecule has 0 radical (unpaired) electrons. The maximum absolute atomic E-state index is 13.0. The Morgan fingerprint density at radius 1 is 1.00 bits per heavy atom. The molecule has 0 heterocycles. The predicted molar refractivity (Wildman–Crippen MR) is 111 cm³/mol. The summed E-state index contributed by atoms with van der Waals surface area (Å²) in [6.07, 6.45) is -4.72. The Balaban J connectivity index is 2.35. The average Bonchev–Trinajstić information content (AvgIpc) is 2.76. The predicted octanol–water partition coefficient (Wildman–Crippen LogP) is 3.10. The van der Waals surface area contributed by atoms with Gasteiger partial charge in [-0.05, 0) is 35.9 Å². The number of benzene rings is 2. The molecule has 2 aromatic carbocycles. The van der Waals surface area contributed by atoms with E-state index in [0.717, 1.165) is 18.2 Å². The molecule has 0 saturated heterocycles. The molecule has 8 nitrogen and oxygen atoms in total. The Labute approximate surface area is 189 Å². The molecule has 0 N–H and O–H groups in total. The van der Waals surface area contributed by atoms with Gasteiger partial charge in [0, 0.05) is 27.3 Å². The van der Waals surface area contributed by atoms with Gasteiger partial charge in [0.05, 0.1) is 19.3 Å². The van der Waals surface area contributed by atoms with Crippen LogP contribution in [0.5, 0.6) is 11.5 Å². The number of halogens is 3. The number of alkyl halides is 3. The lowest BCUT2D eigenvalue weighted by molar-refractivity contribution is -0.138. The number of rotatable bonds is 11. The molecule has 0 bridgehead atoms. The molecule has 182 valence electrons. The van der Waals surface area contributed by atoms with E-state index in [1.807, 2.05) is 0 Å². The Hall–Kier alpha value is -2.83. The lowest BCUT2D eigenvalue weighted by Crippen LogP contribution is -2.35. The van der Waals surface area contributed by atoms with Crippen LogP contribution in [0, 0.1) is 0 Å². The van der Waals surface area contributed by atoms with E-state index in [2.05, 4.69) is 0 Å². The van der Waals surface area contributed by atoms with Crippen LogP contribution in [0.15, 0.2) is 47.4 Å². The highest BCUT2D eigenvalue weighted by atomic mass is 32.2. The lowest BCUT2D eigenvalue weighted by Gasteiger charge is -2.23.